The number of aromatic nitrogens is 4. The van der Waals surface area contributed by atoms with Crippen molar-refractivity contribution in [3.63, 3.8) is 0 Å². The molecular formula is C35H54N6O6. The molecule has 5 fully saturated rings. The van der Waals surface area contributed by atoms with Crippen LogP contribution in [0.2, 0.25) is 0 Å². The van der Waals surface area contributed by atoms with Crippen LogP contribution in [0.5, 0.6) is 0 Å². The maximum absolute atomic E-state index is 8.61. The summed E-state index contributed by atoms with van der Waals surface area (Å²) in [4.78, 5) is 21.3. The largest absolute Gasteiger partial charge is 0.446 e. The average Bonchev–Trinajstić information content (AvgIpc) is 3.98. The molecule has 0 radical (unpaired) electrons. The molecule has 2 bridgehead atoms. The van der Waals surface area contributed by atoms with E-state index >= 15 is 0 Å². The van der Waals surface area contributed by atoms with Crippen LogP contribution in [0.4, 0.5) is 0 Å². The molecule has 0 aromatic carbocycles. The third kappa shape index (κ3) is 11.4. The molecular weight excluding hydrogens is 600 g/mol. The lowest BCUT2D eigenvalue weighted by Crippen LogP contribution is -2.35. The van der Waals surface area contributed by atoms with Gasteiger partial charge in [-0.3, -0.25) is 0 Å². The zero-order valence-corrected chi connectivity index (χ0v) is 29.5. The van der Waals surface area contributed by atoms with Crippen LogP contribution in [0, 0.1) is 48.5 Å². The van der Waals surface area contributed by atoms with Gasteiger partial charge in [0.1, 0.15) is 35.3 Å². The van der Waals surface area contributed by atoms with Crippen LogP contribution in [0.15, 0.2) is 23.9 Å². The third-order valence-electron chi connectivity index (χ3n) is 8.84. The van der Waals surface area contributed by atoms with Gasteiger partial charge in [0.2, 0.25) is 5.89 Å². The summed E-state index contributed by atoms with van der Waals surface area (Å²) in [6, 6.07) is 0.902. The summed E-state index contributed by atoms with van der Waals surface area (Å²) in [5.41, 5.74) is 2.52. The normalized spacial score (nSPS) is 20.0. The van der Waals surface area contributed by atoms with Gasteiger partial charge >= 0.3 is 0 Å². The number of hydrogen-bond donors (Lipinski definition) is 2. The fourth-order valence-electron chi connectivity index (χ4n) is 5.28. The molecule has 0 unspecified atom stereocenters. The highest BCUT2D eigenvalue weighted by Crippen LogP contribution is 2.40. The Labute approximate surface area is 278 Å². The standard InChI is InChI=1S/C8H16N2.C8H11NO.C7H9NO.2C6H9NO2/c1-9-6-7-10-4-2-8(9)3-5-10;1-5-6(2)10-8(9-5)7-3-4-7;1-5-4-8-7(9-5)6-2-3-6;1-4-6(3-8)7-5(2)9-4;1-4-5(2)9-6(3-8)7-4/h8H,2-7H2,1H3;7H,3-4H2,1-2H3;4,6H,2-3H2,1H3;2*8H,3H2,1-2H3. The SMILES string of the molecule is CN1CCN2CCC1CC2.Cc1cnc(C2CC2)o1.Cc1nc(C2CC2)oc1C.Cc1nc(CO)c(C)o1.Cc1nc(CO)oc1C. The Morgan fingerprint density at radius 3 is 1.68 bits per heavy atom. The highest BCUT2D eigenvalue weighted by molar-refractivity contribution is 5.11. The summed E-state index contributed by atoms with van der Waals surface area (Å²) in [6.45, 7) is 18.2. The van der Waals surface area contributed by atoms with Crippen molar-refractivity contribution in [1.29, 1.82) is 0 Å². The van der Waals surface area contributed by atoms with E-state index in [9.17, 15) is 0 Å². The molecule has 4 aromatic rings. The van der Waals surface area contributed by atoms with E-state index in [2.05, 4.69) is 36.8 Å². The molecule has 0 amide bonds. The van der Waals surface area contributed by atoms with Crippen molar-refractivity contribution in [2.45, 2.75) is 118 Å². The molecule has 7 heterocycles. The first kappa shape index (κ1) is 36.5. The molecule has 4 aromatic heterocycles. The van der Waals surface area contributed by atoms with Gasteiger partial charge < -0.3 is 37.7 Å². The number of piperidine rings is 1. The molecule has 2 aliphatic carbocycles. The smallest absolute Gasteiger partial charge is 0.220 e. The lowest BCUT2D eigenvalue weighted by molar-refractivity contribution is 0.209. The molecule has 2 N–H and O–H groups in total. The molecule has 3 saturated heterocycles. The van der Waals surface area contributed by atoms with E-state index in [1.54, 1.807) is 20.0 Å². The van der Waals surface area contributed by atoms with Crippen LogP contribution in [0.3, 0.4) is 0 Å². The van der Waals surface area contributed by atoms with Gasteiger partial charge in [-0.2, -0.15) is 0 Å². The van der Waals surface area contributed by atoms with Crippen molar-refractivity contribution < 1.29 is 27.9 Å². The number of aliphatic hydroxyl groups excluding tert-OH is 2. The molecule has 0 atom stereocenters. The Balaban J connectivity index is 0.000000133. The molecule has 2 saturated carbocycles. The summed E-state index contributed by atoms with van der Waals surface area (Å²) < 4.78 is 20.8. The zero-order valence-electron chi connectivity index (χ0n) is 29.5. The number of fused-ring (bicyclic) bond motifs is 4. The number of aliphatic hydroxyl groups is 2. The van der Waals surface area contributed by atoms with E-state index in [4.69, 9.17) is 27.9 Å². The number of hydrogen-bond acceptors (Lipinski definition) is 12. The Bertz CT molecular complexity index is 1470. The summed E-state index contributed by atoms with van der Waals surface area (Å²) in [6.07, 6.45) is 9.64. The lowest BCUT2D eigenvalue weighted by Gasteiger charge is -2.28. The van der Waals surface area contributed by atoms with Crippen molar-refractivity contribution in [3.8, 4) is 0 Å². The third-order valence-corrected chi connectivity index (χ3v) is 8.84. The molecule has 3 aliphatic heterocycles. The fraction of sp³-hybridized carbons (Fsp3) is 0.657. The number of aryl methyl sites for hydroxylation is 7. The minimum absolute atomic E-state index is 0.0385. The second-order valence-corrected chi connectivity index (χ2v) is 12.9. The van der Waals surface area contributed by atoms with E-state index in [0.717, 1.165) is 46.5 Å². The maximum Gasteiger partial charge on any atom is 0.220 e. The van der Waals surface area contributed by atoms with Crippen LogP contribution in [-0.4, -0.2) is 79.2 Å². The molecule has 0 spiro atoms. The monoisotopic (exact) mass is 654 g/mol. The molecule has 12 nitrogen and oxygen atoms in total. The lowest BCUT2D eigenvalue weighted by atomic mass is 10.1. The summed E-state index contributed by atoms with van der Waals surface area (Å²) in [7, 11) is 2.26. The predicted molar refractivity (Wildman–Crippen MR) is 177 cm³/mol. The van der Waals surface area contributed by atoms with Crippen molar-refractivity contribution >= 4 is 0 Å². The number of nitrogens with zero attached hydrogens (tertiary/aromatic N) is 6. The Kier molecular flexibility index (Phi) is 13.4. The van der Waals surface area contributed by atoms with Crippen molar-refractivity contribution in [3.05, 3.63) is 69.9 Å². The molecule has 12 heteroatoms. The number of likely N-dealkylation sites (N-methyl/N-ethyl adjacent to an activating group) is 1. The maximum atomic E-state index is 8.61. The number of rotatable bonds is 4. The van der Waals surface area contributed by atoms with Gasteiger partial charge in [0.25, 0.3) is 0 Å². The highest BCUT2D eigenvalue weighted by Gasteiger charge is 2.29. The topological polar surface area (TPSA) is 151 Å². The van der Waals surface area contributed by atoms with Gasteiger partial charge in [0.15, 0.2) is 17.7 Å². The van der Waals surface area contributed by atoms with E-state index in [0.29, 0.717) is 35.1 Å². The molecule has 260 valence electrons. The van der Waals surface area contributed by atoms with Gasteiger partial charge in [-0.05, 0) is 100 Å². The van der Waals surface area contributed by atoms with E-state index in [1.807, 2.05) is 34.6 Å². The summed E-state index contributed by atoms with van der Waals surface area (Å²) in [5.74, 6) is 7.57. The first-order chi connectivity index (χ1) is 22.5. The first-order valence-corrected chi connectivity index (χ1v) is 16.8. The van der Waals surface area contributed by atoms with Crippen molar-refractivity contribution in [1.82, 2.24) is 29.7 Å². The summed E-state index contributed by atoms with van der Waals surface area (Å²) in [5, 5.41) is 17.1. The average molecular weight is 655 g/mol. The van der Waals surface area contributed by atoms with Gasteiger partial charge in [-0.25, -0.2) is 19.9 Å². The van der Waals surface area contributed by atoms with Crippen molar-refractivity contribution in [2.75, 3.05) is 33.2 Å². The first-order valence-electron chi connectivity index (χ1n) is 16.8. The van der Waals surface area contributed by atoms with Gasteiger partial charge in [-0.1, -0.05) is 0 Å². The van der Waals surface area contributed by atoms with Gasteiger partial charge in [-0.15, -0.1) is 0 Å². The number of oxazole rings is 4. The second-order valence-electron chi connectivity index (χ2n) is 12.9. The van der Waals surface area contributed by atoms with Crippen LogP contribution >= 0.6 is 0 Å². The van der Waals surface area contributed by atoms with Crippen LogP contribution in [0.25, 0.3) is 0 Å². The van der Waals surface area contributed by atoms with Crippen LogP contribution < -0.4 is 0 Å². The van der Waals surface area contributed by atoms with Gasteiger partial charge in [0, 0.05) is 37.9 Å². The van der Waals surface area contributed by atoms with E-state index in [-0.39, 0.29) is 13.2 Å². The Hall–Kier alpha value is -3.32. The van der Waals surface area contributed by atoms with Crippen LogP contribution in [-0.2, 0) is 13.2 Å². The zero-order chi connectivity index (χ0) is 34.1. The predicted octanol–water partition coefficient (Wildman–Crippen LogP) is 5.99. The molecule has 9 rings (SSSR count). The quantitative estimate of drug-likeness (QED) is 0.266. The minimum atomic E-state index is -0.116. The second kappa shape index (κ2) is 17.2. The summed E-state index contributed by atoms with van der Waals surface area (Å²) >= 11 is 0. The minimum Gasteiger partial charge on any atom is -0.446 e. The van der Waals surface area contributed by atoms with E-state index in [1.165, 1.54) is 64.7 Å². The molecule has 47 heavy (non-hydrogen) atoms. The fourth-order valence-corrected chi connectivity index (χ4v) is 5.28. The Morgan fingerprint density at radius 1 is 0.660 bits per heavy atom. The Morgan fingerprint density at radius 2 is 1.28 bits per heavy atom. The van der Waals surface area contributed by atoms with E-state index < -0.39 is 0 Å². The van der Waals surface area contributed by atoms with Gasteiger partial charge in [0.05, 0.1) is 24.2 Å². The van der Waals surface area contributed by atoms with Crippen LogP contribution in [0.1, 0.15) is 114 Å². The highest BCUT2D eigenvalue weighted by atomic mass is 16.4. The van der Waals surface area contributed by atoms with Crippen molar-refractivity contribution in [2.24, 2.45) is 0 Å². The molecule has 5 aliphatic rings.